The first kappa shape index (κ1) is 18.3. The number of nitrogens with zero attached hydrogens (tertiary/aromatic N) is 2. The van der Waals surface area contributed by atoms with Gasteiger partial charge >= 0.3 is 6.03 Å². The van der Waals surface area contributed by atoms with Gasteiger partial charge in [-0.25, -0.2) is 4.79 Å². The topological polar surface area (TPSA) is 87.9 Å². The average molecular weight is 380 g/mol. The Labute approximate surface area is 164 Å². The number of fused-ring (bicyclic) bond motifs is 1. The van der Waals surface area contributed by atoms with Crippen molar-refractivity contribution in [2.45, 2.75) is 13.0 Å². The van der Waals surface area contributed by atoms with E-state index >= 15 is 0 Å². The van der Waals surface area contributed by atoms with Gasteiger partial charge in [-0.1, -0.05) is 18.2 Å². The van der Waals surface area contributed by atoms with Crippen LogP contribution in [0.3, 0.4) is 0 Å². The third-order valence-electron chi connectivity index (χ3n) is 5.20. The monoisotopic (exact) mass is 380 g/mol. The van der Waals surface area contributed by atoms with E-state index in [1.165, 1.54) is 11.1 Å². The van der Waals surface area contributed by atoms with E-state index in [9.17, 15) is 9.59 Å². The Morgan fingerprint density at radius 3 is 2.68 bits per heavy atom. The Balaban J connectivity index is 1.33. The number of carbonyl (C=O) groups is 2. The van der Waals surface area contributed by atoms with Gasteiger partial charge < -0.3 is 20.7 Å². The summed E-state index contributed by atoms with van der Waals surface area (Å²) in [4.78, 5) is 28.0. The lowest BCUT2D eigenvalue weighted by atomic mass is 10.1. The van der Waals surface area contributed by atoms with Gasteiger partial charge in [0.1, 0.15) is 5.75 Å². The first-order valence-corrected chi connectivity index (χ1v) is 9.51. The fraction of sp³-hybridized carbons (Fsp3) is 0.333. The van der Waals surface area contributed by atoms with Crippen molar-refractivity contribution in [2.24, 2.45) is 5.73 Å². The molecule has 4 rings (SSSR count). The molecule has 0 radical (unpaired) electrons. The number of ether oxygens (including phenoxy) is 1. The maximum atomic E-state index is 12.8. The molecule has 7 heteroatoms. The van der Waals surface area contributed by atoms with Crippen LogP contribution in [0, 0.1) is 0 Å². The fourth-order valence-corrected chi connectivity index (χ4v) is 3.76. The summed E-state index contributed by atoms with van der Waals surface area (Å²) in [6.07, 6.45) is 0.981. The summed E-state index contributed by atoms with van der Waals surface area (Å²) in [5, 5.41) is 2.51. The molecule has 3 N–H and O–H groups in total. The van der Waals surface area contributed by atoms with Crippen LogP contribution in [0.15, 0.2) is 42.5 Å². The quantitative estimate of drug-likeness (QED) is 0.850. The van der Waals surface area contributed by atoms with Gasteiger partial charge in [0.15, 0.2) is 0 Å². The van der Waals surface area contributed by atoms with Crippen molar-refractivity contribution in [3.63, 3.8) is 0 Å². The molecule has 3 amide bonds. The molecule has 0 saturated carbocycles. The lowest BCUT2D eigenvalue weighted by molar-refractivity contribution is 0.0628. The highest BCUT2D eigenvalue weighted by Gasteiger charge is 2.23. The van der Waals surface area contributed by atoms with E-state index in [0.717, 1.165) is 38.4 Å². The molecule has 7 nitrogen and oxygen atoms in total. The first-order valence-electron chi connectivity index (χ1n) is 9.51. The van der Waals surface area contributed by atoms with Gasteiger partial charge in [0, 0.05) is 50.4 Å². The van der Waals surface area contributed by atoms with E-state index in [1.54, 1.807) is 24.3 Å². The Hall–Kier alpha value is -3.06. The predicted octanol–water partition coefficient (Wildman–Crippen LogP) is 2.07. The number of primary amides is 1. The zero-order valence-electron chi connectivity index (χ0n) is 15.7. The summed E-state index contributed by atoms with van der Waals surface area (Å²) in [6.45, 7) is 4.68. The van der Waals surface area contributed by atoms with Crippen molar-refractivity contribution in [3.05, 3.63) is 59.2 Å². The van der Waals surface area contributed by atoms with E-state index in [2.05, 4.69) is 28.4 Å². The van der Waals surface area contributed by atoms with E-state index in [4.69, 9.17) is 10.5 Å². The molecule has 1 fully saturated rings. The second-order valence-corrected chi connectivity index (χ2v) is 7.18. The Bertz CT molecular complexity index is 891. The maximum absolute atomic E-state index is 12.8. The highest BCUT2D eigenvalue weighted by molar-refractivity contribution is 5.96. The smallest absolute Gasteiger partial charge is 0.316 e. The van der Waals surface area contributed by atoms with Crippen LogP contribution in [-0.4, -0.2) is 54.5 Å². The molecule has 1 saturated heterocycles. The second-order valence-electron chi connectivity index (χ2n) is 7.18. The maximum Gasteiger partial charge on any atom is 0.316 e. The molecule has 0 aromatic heterocycles. The van der Waals surface area contributed by atoms with E-state index in [-0.39, 0.29) is 5.91 Å². The van der Waals surface area contributed by atoms with Crippen molar-refractivity contribution in [3.8, 4) is 5.75 Å². The summed E-state index contributed by atoms with van der Waals surface area (Å²) < 4.78 is 5.57. The molecule has 2 aromatic carbocycles. The predicted molar refractivity (Wildman–Crippen MR) is 106 cm³/mol. The van der Waals surface area contributed by atoms with E-state index in [1.807, 2.05) is 4.90 Å². The van der Waals surface area contributed by atoms with Gasteiger partial charge in [0.25, 0.3) is 5.91 Å². The zero-order chi connectivity index (χ0) is 19.5. The number of piperazine rings is 1. The summed E-state index contributed by atoms with van der Waals surface area (Å²) in [7, 11) is 0. The lowest BCUT2D eigenvalue weighted by Gasteiger charge is -2.35. The van der Waals surface area contributed by atoms with Crippen LogP contribution in [0.5, 0.6) is 5.75 Å². The van der Waals surface area contributed by atoms with Crippen LogP contribution in [0.2, 0.25) is 0 Å². The molecule has 2 aliphatic rings. The molecule has 2 aromatic rings. The number of hydrogen-bond acceptors (Lipinski definition) is 4. The third kappa shape index (κ3) is 4.09. The normalized spacial score (nSPS) is 16.4. The third-order valence-corrected chi connectivity index (χ3v) is 5.20. The number of hydrogen-bond donors (Lipinski definition) is 2. The van der Waals surface area contributed by atoms with Gasteiger partial charge in [-0.3, -0.25) is 9.69 Å². The molecule has 0 unspecified atom stereocenters. The van der Waals surface area contributed by atoms with Crippen molar-refractivity contribution < 1.29 is 14.3 Å². The number of benzene rings is 2. The number of amides is 3. The number of rotatable bonds is 4. The minimum Gasteiger partial charge on any atom is -0.493 e. The number of nitrogens with one attached hydrogen (secondary N) is 1. The molecule has 0 aliphatic carbocycles. The summed E-state index contributed by atoms with van der Waals surface area (Å²) in [6, 6.07) is 12.6. The molecule has 28 heavy (non-hydrogen) atoms. The largest absolute Gasteiger partial charge is 0.493 e. The molecule has 2 aliphatic heterocycles. The molecule has 2 heterocycles. The van der Waals surface area contributed by atoms with Crippen molar-refractivity contribution >= 4 is 17.6 Å². The highest BCUT2D eigenvalue weighted by Crippen LogP contribution is 2.26. The number of urea groups is 1. The minimum atomic E-state index is -0.642. The molecular formula is C21H24N4O3. The standard InChI is InChI=1S/C21H24N4O3/c22-21(27)23-18-3-1-2-17(13-18)20(26)25-9-7-24(8-10-25)14-15-4-5-19-16(12-15)6-11-28-19/h1-5,12-13H,6-11,14H2,(H3,22,23,27). The first-order chi connectivity index (χ1) is 13.6. The number of nitrogens with two attached hydrogens (primary N) is 1. The fourth-order valence-electron chi connectivity index (χ4n) is 3.76. The van der Waals surface area contributed by atoms with Gasteiger partial charge in [-0.05, 0) is 35.4 Å². The van der Waals surface area contributed by atoms with Crippen molar-refractivity contribution in [1.29, 1.82) is 0 Å². The Morgan fingerprint density at radius 2 is 1.89 bits per heavy atom. The molecular weight excluding hydrogens is 356 g/mol. The SMILES string of the molecule is NC(=O)Nc1cccc(C(=O)N2CCN(Cc3ccc4c(c3)CCO4)CC2)c1. The Morgan fingerprint density at radius 1 is 1.07 bits per heavy atom. The van der Waals surface area contributed by atoms with Crippen LogP contribution < -0.4 is 15.8 Å². The van der Waals surface area contributed by atoms with Gasteiger partial charge in [0.05, 0.1) is 6.61 Å². The van der Waals surface area contributed by atoms with Crippen molar-refractivity contribution in [2.75, 3.05) is 38.1 Å². The molecule has 0 spiro atoms. The average Bonchev–Trinajstić information content (AvgIpc) is 3.15. The van der Waals surface area contributed by atoms with Crippen molar-refractivity contribution in [1.82, 2.24) is 9.80 Å². The summed E-state index contributed by atoms with van der Waals surface area (Å²) >= 11 is 0. The Kier molecular flexibility index (Phi) is 5.16. The van der Waals surface area contributed by atoms with Crippen LogP contribution in [-0.2, 0) is 13.0 Å². The van der Waals surface area contributed by atoms with Crippen LogP contribution in [0.4, 0.5) is 10.5 Å². The lowest BCUT2D eigenvalue weighted by Crippen LogP contribution is -2.48. The summed E-state index contributed by atoms with van der Waals surface area (Å²) in [5.41, 5.74) is 8.80. The van der Waals surface area contributed by atoms with Crippen LogP contribution >= 0.6 is 0 Å². The van der Waals surface area contributed by atoms with Gasteiger partial charge in [-0.15, -0.1) is 0 Å². The highest BCUT2D eigenvalue weighted by atomic mass is 16.5. The second kappa shape index (κ2) is 7.90. The van der Waals surface area contributed by atoms with Crippen LogP contribution in [0.25, 0.3) is 0 Å². The van der Waals surface area contributed by atoms with Crippen LogP contribution in [0.1, 0.15) is 21.5 Å². The minimum absolute atomic E-state index is 0.0255. The molecule has 0 bridgehead atoms. The van der Waals surface area contributed by atoms with E-state index in [0.29, 0.717) is 24.3 Å². The zero-order valence-corrected chi connectivity index (χ0v) is 15.7. The number of anilines is 1. The van der Waals surface area contributed by atoms with Gasteiger partial charge in [-0.2, -0.15) is 0 Å². The summed E-state index contributed by atoms with van der Waals surface area (Å²) in [5.74, 6) is 0.981. The van der Waals surface area contributed by atoms with Gasteiger partial charge in [0.2, 0.25) is 0 Å². The molecule has 0 atom stereocenters. The van der Waals surface area contributed by atoms with E-state index < -0.39 is 6.03 Å². The number of carbonyl (C=O) groups excluding carboxylic acids is 2. The molecule has 146 valence electrons.